The number of rotatable bonds is 2. The molecular formula is C22H14O2. The van der Waals surface area contributed by atoms with E-state index in [1.807, 2.05) is 36.4 Å². The van der Waals surface area contributed by atoms with Gasteiger partial charge in [0.25, 0.3) is 0 Å². The molecule has 0 radical (unpaired) electrons. The molecule has 0 fully saturated rings. The molecule has 3 aromatic rings. The smallest absolute Gasteiger partial charge is 0.150 e. The van der Waals surface area contributed by atoms with Crippen molar-refractivity contribution >= 4 is 12.6 Å². The molecule has 0 saturated carbocycles. The number of hydrogen-bond donors (Lipinski definition) is 0. The summed E-state index contributed by atoms with van der Waals surface area (Å²) >= 11 is 0. The molecule has 0 saturated heterocycles. The average molecular weight is 310 g/mol. The normalized spacial score (nSPS) is 19.2. The van der Waals surface area contributed by atoms with E-state index < -0.39 is 0 Å². The quantitative estimate of drug-likeness (QED) is 0.456. The fourth-order valence-electron chi connectivity index (χ4n) is 4.57. The predicted octanol–water partition coefficient (Wildman–Crippen LogP) is 4.30. The summed E-state index contributed by atoms with van der Waals surface area (Å²) in [6, 6.07) is 20.2. The van der Waals surface area contributed by atoms with Crippen LogP contribution in [-0.4, -0.2) is 12.6 Å². The van der Waals surface area contributed by atoms with Gasteiger partial charge in [0.15, 0.2) is 0 Å². The van der Waals surface area contributed by atoms with Crippen molar-refractivity contribution in [1.29, 1.82) is 0 Å². The average Bonchev–Trinajstić information content (AvgIpc) is 2.66. The predicted molar refractivity (Wildman–Crippen MR) is 92.0 cm³/mol. The van der Waals surface area contributed by atoms with Crippen LogP contribution in [0.4, 0.5) is 0 Å². The summed E-state index contributed by atoms with van der Waals surface area (Å²) in [6.07, 6.45) is 1.90. The molecular weight excluding hydrogens is 296 g/mol. The molecule has 0 N–H and O–H groups in total. The number of carbonyl (C=O) groups excluding carboxylic acids is 2. The summed E-state index contributed by atoms with van der Waals surface area (Å²) in [5, 5.41) is 0. The van der Waals surface area contributed by atoms with Crippen molar-refractivity contribution in [2.45, 2.75) is 11.8 Å². The first-order chi connectivity index (χ1) is 11.8. The lowest BCUT2D eigenvalue weighted by molar-refractivity contribution is 0.111. The van der Waals surface area contributed by atoms with E-state index in [9.17, 15) is 9.59 Å². The van der Waals surface area contributed by atoms with Crippen molar-refractivity contribution in [1.82, 2.24) is 0 Å². The summed E-state index contributed by atoms with van der Waals surface area (Å²) in [6.45, 7) is 0. The van der Waals surface area contributed by atoms with Gasteiger partial charge in [-0.25, -0.2) is 0 Å². The Bertz CT molecular complexity index is 934. The Hall–Kier alpha value is -3.00. The maximum Gasteiger partial charge on any atom is 0.150 e. The Balaban J connectivity index is 1.95. The van der Waals surface area contributed by atoms with Crippen LogP contribution in [0.3, 0.4) is 0 Å². The topological polar surface area (TPSA) is 34.1 Å². The fourth-order valence-corrected chi connectivity index (χ4v) is 4.57. The molecule has 0 spiro atoms. The molecule has 114 valence electrons. The molecule has 3 aromatic carbocycles. The molecule has 2 atom stereocenters. The van der Waals surface area contributed by atoms with E-state index in [0.717, 1.165) is 46.0 Å². The molecule has 24 heavy (non-hydrogen) atoms. The van der Waals surface area contributed by atoms with E-state index in [-0.39, 0.29) is 11.8 Å². The molecule has 0 aromatic heterocycles. The minimum Gasteiger partial charge on any atom is -0.298 e. The summed E-state index contributed by atoms with van der Waals surface area (Å²) in [4.78, 5) is 23.3. The lowest BCUT2D eigenvalue weighted by Gasteiger charge is -2.43. The summed E-state index contributed by atoms with van der Waals surface area (Å²) in [5.41, 5.74) is 8.52. The standard InChI is InChI=1S/C22H14O2/c23-11-13-5-4-10-18-19(13)21-15-7-1-2-8-16(15)22(18)20-14(12-24)6-3-9-17(20)21/h1-12,21-22H/t21-,22+. The van der Waals surface area contributed by atoms with Gasteiger partial charge in [0.05, 0.1) is 0 Å². The van der Waals surface area contributed by atoms with Crippen molar-refractivity contribution < 1.29 is 9.59 Å². The minimum absolute atomic E-state index is 0.0255. The SMILES string of the molecule is O=Cc1cccc2c1[C@H]1c3ccccc3[C@H]2c2c(C=O)cccc21. The van der Waals surface area contributed by atoms with Crippen LogP contribution in [-0.2, 0) is 0 Å². The van der Waals surface area contributed by atoms with E-state index in [0.29, 0.717) is 0 Å². The van der Waals surface area contributed by atoms with E-state index in [4.69, 9.17) is 0 Å². The maximum absolute atomic E-state index is 11.6. The third kappa shape index (κ3) is 1.50. The number of benzene rings is 3. The van der Waals surface area contributed by atoms with Gasteiger partial charge in [-0.1, -0.05) is 60.7 Å². The van der Waals surface area contributed by atoms with Crippen LogP contribution in [0.2, 0.25) is 0 Å². The van der Waals surface area contributed by atoms with Crippen LogP contribution >= 0.6 is 0 Å². The Morgan fingerprint density at radius 3 is 1.38 bits per heavy atom. The highest BCUT2D eigenvalue weighted by atomic mass is 16.1. The first-order valence-electron chi connectivity index (χ1n) is 8.10. The van der Waals surface area contributed by atoms with Gasteiger partial charge < -0.3 is 0 Å². The highest BCUT2D eigenvalue weighted by Gasteiger charge is 2.43. The molecule has 0 amide bonds. The zero-order valence-corrected chi connectivity index (χ0v) is 12.9. The molecule has 6 rings (SSSR count). The van der Waals surface area contributed by atoms with Crippen LogP contribution in [0.5, 0.6) is 0 Å². The maximum atomic E-state index is 11.6. The largest absolute Gasteiger partial charge is 0.298 e. The van der Waals surface area contributed by atoms with Crippen LogP contribution in [0.15, 0.2) is 60.7 Å². The summed E-state index contributed by atoms with van der Waals surface area (Å²) in [5.74, 6) is 0.0509. The Morgan fingerprint density at radius 1 is 0.542 bits per heavy atom. The first kappa shape index (κ1) is 13.4. The third-order valence-corrected chi connectivity index (χ3v) is 5.42. The Kier molecular flexibility index (Phi) is 2.66. The lowest BCUT2D eigenvalue weighted by atomic mass is 9.59. The van der Waals surface area contributed by atoms with E-state index in [1.165, 1.54) is 11.1 Å². The van der Waals surface area contributed by atoms with Crippen molar-refractivity contribution in [3.63, 3.8) is 0 Å². The summed E-state index contributed by atoms with van der Waals surface area (Å²) in [7, 11) is 0. The second kappa shape index (κ2) is 4.75. The van der Waals surface area contributed by atoms with E-state index >= 15 is 0 Å². The van der Waals surface area contributed by atoms with Crippen molar-refractivity contribution in [3.05, 3.63) is 105 Å². The fraction of sp³-hybridized carbons (Fsp3) is 0.0909. The zero-order valence-electron chi connectivity index (χ0n) is 12.9. The van der Waals surface area contributed by atoms with E-state index in [2.05, 4.69) is 24.3 Å². The minimum atomic E-state index is 0.0255. The Labute approximate surface area is 139 Å². The first-order valence-corrected chi connectivity index (χ1v) is 8.10. The summed E-state index contributed by atoms with van der Waals surface area (Å²) < 4.78 is 0. The lowest BCUT2D eigenvalue weighted by Crippen LogP contribution is -2.29. The van der Waals surface area contributed by atoms with E-state index in [1.54, 1.807) is 0 Å². The number of carbonyl (C=O) groups is 2. The van der Waals surface area contributed by atoms with Crippen LogP contribution < -0.4 is 0 Å². The molecule has 2 bridgehead atoms. The molecule has 3 aliphatic carbocycles. The number of aldehydes is 2. The monoisotopic (exact) mass is 310 g/mol. The molecule has 0 aliphatic heterocycles. The highest BCUT2D eigenvalue weighted by molar-refractivity contribution is 5.86. The highest BCUT2D eigenvalue weighted by Crippen LogP contribution is 2.56. The van der Waals surface area contributed by atoms with Gasteiger partial charge in [0, 0.05) is 23.0 Å². The second-order valence-corrected chi connectivity index (χ2v) is 6.43. The number of hydrogen-bond acceptors (Lipinski definition) is 2. The van der Waals surface area contributed by atoms with Crippen LogP contribution in [0.1, 0.15) is 65.9 Å². The van der Waals surface area contributed by atoms with Gasteiger partial charge in [-0.05, 0) is 33.4 Å². The zero-order chi connectivity index (χ0) is 16.3. The molecule has 0 unspecified atom stereocenters. The van der Waals surface area contributed by atoms with Crippen molar-refractivity contribution in [2.24, 2.45) is 0 Å². The van der Waals surface area contributed by atoms with Crippen LogP contribution in [0, 0.1) is 0 Å². The molecule has 2 nitrogen and oxygen atoms in total. The third-order valence-electron chi connectivity index (χ3n) is 5.42. The van der Waals surface area contributed by atoms with Crippen molar-refractivity contribution in [3.8, 4) is 0 Å². The van der Waals surface area contributed by atoms with Gasteiger partial charge in [-0.3, -0.25) is 9.59 Å². The van der Waals surface area contributed by atoms with Crippen LogP contribution in [0.25, 0.3) is 0 Å². The second-order valence-electron chi connectivity index (χ2n) is 6.43. The molecule has 3 aliphatic rings. The van der Waals surface area contributed by atoms with Gasteiger partial charge in [0.1, 0.15) is 12.6 Å². The molecule has 2 heteroatoms. The Morgan fingerprint density at radius 2 is 0.958 bits per heavy atom. The molecule has 0 heterocycles. The van der Waals surface area contributed by atoms with Gasteiger partial charge in [-0.2, -0.15) is 0 Å². The van der Waals surface area contributed by atoms with Gasteiger partial charge in [-0.15, -0.1) is 0 Å². The van der Waals surface area contributed by atoms with Crippen molar-refractivity contribution in [2.75, 3.05) is 0 Å². The van der Waals surface area contributed by atoms with Gasteiger partial charge in [0.2, 0.25) is 0 Å². The van der Waals surface area contributed by atoms with Gasteiger partial charge >= 0.3 is 0 Å².